The highest BCUT2D eigenvalue weighted by Gasteiger charge is 2.31. The van der Waals surface area contributed by atoms with Crippen LogP contribution in [0.15, 0.2) is 42.5 Å². The molecule has 3 nitrogen and oxygen atoms in total. The first-order valence-electron chi connectivity index (χ1n) is 6.64. The van der Waals surface area contributed by atoms with E-state index in [1.165, 1.54) is 6.92 Å². The van der Waals surface area contributed by atoms with Crippen LogP contribution in [0.4, 0.5) is 0 Å². The van der Waals surface area contributed by atoms with E-state index in [0.717, 1.165) is 5.56 Å². The van der Waals surface area contributed by atoms with Gasteiger partial charge < -0.3 is 9.47 Å². The fourth-order valence-electron chi connectivity index (χ4n) is 2.32. The Hall–Kier alpha value is -1.61. The number of rotatable bonds is 5. The van der Waals surface area contributed by atoms with Gasteiger partial charge in [0, 0.05) is 12.8 Å². The number of hydrogen-bond acceptors (Lipinski definition) is 3. The van der Waals surface area contributed by atoms with Crippen LogP contribution in [0, 0.1) is 11.8 Å². The summed E-state index contributed by atoms with van der Waals surface area (Å²) in [5, 5.41) is 0. The molecule has 0 spiro atoms. The van der Waals surface area contributed by atoms with Crippen molar-refractivity contribution in [3.8, 4) is 0 Å². The van der Waals surface area contributed by atoms with Gasteiger partial charge in [-0.15, -0.1) is 0 Å². The quantitative estimate of drug-likeness (QED) is 0.603. The number of benzene rings is 1. The van der Waals surface area contributed by atoms with Crippen LogP contribution in [0.3, 0.4) is 0 Å². The number of ether oxygens (including phenoxy) is 2. The number of hydrogen-bond donors (Lipinski definition) is 0. The molecular formula is C16H20O3. The molecular weight excluding hydrogens is 240 g/mol. The largest absolute Gasteiger partial charge is 0.458 e. The van der Waals surface area contributed by atoms with Crippen molar-refractivity contribution < 1.29 is 14.3 Å². The molecule has 1 aromatic carbocycles. The SMILES string of the molecule is CC(=O)O[C@@H]1C=C[C@H](C)[C@H]1COCc1ccccc1. The molecule has 0 bridgehead atoms. The van der Waals surface area contributed by atoms with E-state index in [9.17, 15) is 4.79 Å². The Morgan fingerprint density at radius 3 is 2.63 bits per heavy atom. The average Bonchev–Trinajstić information content (AvgIpc) is 2.72. The molecule has 0 amide bonds. The minimum Gasteiger partial charge on any atom is -0.458 e. The van der Waals surface area contributed by atoms with Gasteiger partial charge in [-0.2, -0.15) is 0 Å². The molecule has 0 saturated carbocycles. The van der Waals surface area contributed by atoms with Crippen molar-refractivity contribution in [2.75, 3.05) is 6.61 Å². The zero-order valence-corrected chi connectivity index (χ0v) is 11.4. The highest BCUT2D eigenvalue weighted by atomic mass is 16.5. The van der Waals surface area contributed by atoms with Gasteiger partial charge in [-0.3, -0.25) is 4.79 Å². The van der Waals surface area contributed by atoms with Gasteiger partial charge in [0.1, 0.15) is 6.10 Å². The molecule has 2 rings (SSSR count). The molecule has 1 aliphatic carbocycles. The number of carbonyl (C=O) groups excluding carboxylic acids is 1. The lowest BCUT2D eigenvalue weighted by atomic mass is 9.96. The van der Waals surface area contributed by atoms with Gasteiger partial charge in [0.2, 0.25) is 0 Å². The minimum atomic E-state index is -0.239. The zero-order valence-electron chi connectivity index (χ0n) is 11.4. The van der Waals surface area contributed by atoms with Crippen molar-refractivity contribution in [2.45, 2.75) is 26.6 Å². The molecule has 0 radical (unpaired) electrons. The Balaban J connectivity index is 1.82. The number of allylic oxidation sites excluding steroid dienone is 1. The van der Waals surface area contributed by atoms with E-state index >= 15 is 0 Å². The summed E-state index contributed by atoms with van der Waals surface area (Å²) in [4.78, 5) is 11.1. The highest BCUT2D eigenvalue weighted by molar-refractivity contribution is 5.66. The van der Waals surface area contributed by atoms with Crippen LogP contribution in [0.5, 0.6) is 0 Å². The molecule has 0 heterocycles. The van der Waals surface area contributed by atoms with E-state index in [1.807, 2.05) is 36.4 Å². The third kappa shape index (κ3) is 3.93. The Morgan fingerprint density at radius 2 is 1.95 bits per heavy atom. The summed E-state index contributed by atoms with van der Waals surface area (Å²) in [7, 11) is 0. The first kappa shape index (κ1) is 13.8. The second-order valence-electron chi connectivity index (χ2n) is 4.98. The number of carbonyl (C=O) groups is 1. The highest BCUT2D eigenvalue weighted by Crippen LogP contribution is 2.28. The van der Waals surface area contributed by atoms with Crippen LogP contribution in [0.2, 0.25) is 0 Å². The molecule has 0 aliphatic heterocycles. The first-order valence-corrected chi connectivity index (χ1v) is 6.64. The summed E-state index contributed by atoms with van der Waals surface area (Å²) in [5.41, 5.74) is 1.16. The predicted molar refractivity (Wildman–Crippen MR) is 73.4 cm³/mol. The van der Waals surface area contributed by atoms with Crippen LogP contribution < -0.4 is 0 Å². The van der Waals surface area contributed by atoms with Crippen LogP contribution in [0.25, 0.3) is 0 Å². The second-order valence-corrected chi connectivity index (χ2v) is 4.98. The fraction of sp³-hybridized carbons (Fsp3) is 0.438. The van der Waals surface area contributed by atoms with Gasteiger partial charge in [-0.05, 0) is 17.6 Å². The fourth-order valence-corrected chi connectivity index (χ4v) is 2.32. The molecule has 0 fully saturated rings. The molecule has 0 unspecified atom stereocenters. The molecule has 102 valence electrons. The molecule has 1 aromatic rings. The normalized spacial score (nSPS) is 25.5. The summed E-state index contributed by atoms with van der Waals surface area (Å²) in [6.07, 6.45) is 3.90. The van der Waals surface area contributed by atoms with E-state index in [0.29, 0.717) is 19.1 Å². The third-order valence-corrected chi connectivity index (χ3v) is 3.43. The summed E-state index contributed by atoms with van der Waals surface area (Å²) < 4.78 is 11.0. The third-order valence-electron chi connectivity index (χ3n) is 3.43. The summed E-state index contributed by atoms with van der Waals surface area (Å²) >= 11 is 0. The van der Waals surface area contributed by atoms with E-state index in [-0.39, 0.29) is 18.0 Å². The maximum absolute atomic E-state index is 11.1. The van der Waals surface area contributed by atoms with Crippen molar-refractivity contribution >= 4 is 5.97 Å². The average molecular weight is 260 g/mol. The van der Waals surface area contributed by atoms with Crippen LogP contribution in [-0.4, -0.2) is 18.7 Å². The van der Waals surface area contributed by atoms with Gasteiger partial charge in [0.15, 0.2) is 0 Å². The Labute approximate surface area is 114 Å². The van der Waals surface area contributed by atoms with Crippen molar-refractivity contribution in [3.05, 3.63) is 48.0 Å². The van der Waals surface area contributed by atoms with Crippen molar-refractivity contribution in [1.82, 2.24) is 0 Å². The van der Waals surface area contributed by atoms with E-state index in [1.54, 1.807) is 0 Å². The lowest BCUT2D eigenvalue weighted by molar-refractivity contribution is -0.147. The Bertz CT molecular complexity index is 439. The number of esters is 1. The van der Waals surface area contributed by atoms with Gasteiger partial charge in [0.25, 0.3) is 0 Å². The van der Waals surface area contributed by atoms with Crippen molar-refractivity contribution in [1.29, 1.82) is 0 Å². The Kier molecular flexibility index (Phi) is 4.74. The first-order chi connectivity index (χ1) is 9.16. The lowest BCUT2D eigenvalue weighted by Crippen LogP contribution is -2.28. The molecule has 0 N–H and O–H groups in total. The maximum Gasteiger partial charge on any atom is 0.303 e. The second kappa shape index (κ2) is 6.53. The van der Waals surface area contributed by atoms with Gasteiger partial charge >= 0.3 is 5.97 Å². The van der Waals surface area contributed by atoms with Gasteiger partial charge in [-0.25, -0.2) is 0 Å². The van der Waals surface area contributed by atoms with Gasteiger partial charge in [0.05, 0.1) is 13.2 Å². The lowest BCUT2D eigenvalue weighted by Gasteiger charge is -2.22. The van der Waals surface area contributed by atoms with E-state index < -0.39 is 0 Å². The molecule has 19 heavy (non-hydrogen) atoms. The molecule has 0 aromatic heterocycles. The van der Waals surface area contributed by atoms with Crippen LogP contribution in [-0.2, 0) is 20.9 Å². The van der Waals surface area contributed by atoms with Crippen molar-refractivity contribution in [3.63, 3.8) is 0 Å². The molecule has 3 atom stereocenters. The smallest absolute Gasteiger partial charge is 0.303 e. The summed E-state index contributed by atoms with van der Waals surface area (Å²) in [6, 6.07) is 10.1. The standard InChI is InChI=1S/C16H20O3/c1-12-8-9-16(19-13(2)17)15(12)11-18-10-14-6-4-3-5-7-14/h3-9,12,15-16H,10-11H2,1-2H3/t12-,15+,16+/m0/s1. The van der Waals surface area contributed by atoms with Crippen LogP contribution in [0.1, 0.15) is 19.4 Å². The van der Waals surface area contributed by atoms with E-state index in [2.05, 4.69) is 13.0 Å². The predicted octanol–water partition coefficient (Wildman–Crippen LogP) is 2.96. The van der Waals surface area contributed by atoms with Crippen LogP contribution >= 0.6 is 0 Å². The molecule has 1 aliphatic rings. The Morgan fingerprint density at radius 1 is 1.21 bits per heavy atom. The van der Waals surface area contributed by atoms with Gasteiger partial charge in [-0.1, -0.05) is 43.3 Å². The minimum absolute atomic E-state index is 0.150. The van der Waals surface area contributed by atoms with Crippen molar-refractivity contribution in [2.24, 2.45) is 11.8 Å². The molecule has 3 heteroatoms. The summed E-state index contributed by atoms with van der Waals surface area (Å²) in [6.45, 7) is 4.76. The topological polar surface area (TPSA) is 35.5 Å². The monoisotopic (exact) mass is 260 g/mol. The van der Waals surface area contributed by atoms with E-state index in [4.69, 9.17) is 9.47 Å². The molecule has 0 saturated heterocycles. The zero-order chi connectivity index (χ0) is 13.7. The maximum atomic E-state index is 11.1. The summed E-state index contributed by atoms with van der Waals surface area (Å²) in [5.74, 6) is 0.351.